The lowest BCUT2D eigenvalue weighted by molar-refractivity contribution is -0.115. The van der Waals surface area contributed by atoms with Crippen LogP contribution in [0.15, 0.2) is 56.3 Å². The molecule has 0 saturated heterocycles. The van der Waals surface area contributed by atoms with E-state index < -0.39 is 0 Å². The molecule has 0 aliphatic rings. The predicted octanol–water partition coefficient (Wildman–Crippen LogP) is 4.93. The van der Waals surface area contributed by atoms with Crippen LogP contribution in [0.1, 0.15) is 11.1 Å². The van der Waals surface area contributed by atoms with E-state index in [1.54, 1.807) is 41.2 Å². The maximum atomic E-state index is 13.8. The minimum atomic E-state index is -0.293. The number of hydrogen-bond acceptors (Lipinski definition) is 3. The average Bonchev–Trinajstić information content (AvgIpc) is 2.88. The van der Waals surface area contributed by atoms with Crippen LogP contribution in [0.5, 0.6) is 0 Å². The molecule has 0 aliphatic heterocycles. The highest BCUT2D eigenvalue weighted by atomic mass is 79.9. The molecule has 0 bridgehead atoms. The fraction of sp³-hybridized carbons (Fsp3) is 0.118. The zero-order chi connectivity index (χ0) is 18.7. The van der Waals surface area contributed by atoms with Crippen molar-refractivity contribution >= 4 is 59.5 Å². The van der Waals surface area contributed by atoms with Crippen molar-refractivity contribution in [2.24, 2.45) is 0 Å². The third-order valence-electron chi connectivity index (χ3n) is 3.45. The van der Waals surface area contributed by atoms with E-state index >= 15 is 0 Å². The highest BCUT2D eigenvalue weighted by Gasteiger charge is 2.13. The molecule has 3 aromatic rings. The van der Waals surface area contributed by atoms with Gasteiger partial charge in [-0.25, -0.2) is 9.37 Å². The molecule has 0 atom stereocenters. The van der Waals surface area contributed by atoms with Crippen LogP contribution in [0.2, 0.25) is 0 Å². The van der Waals surface area contributed by atoms with E-state index in [2.05, 4.69) is 63.2 Å². The quantitative estimate of drug-likeness (QED) is 0.462. The first-order valence-electron chi connectivity index (χ1n) is 7.49. The van der Waals surface area contributed by atoms with Crippen LogP contribution in [0.3, 0.4) is 0 Å². The second kappa shape index (κ2) is 8.41. The van der Waals surface area contributed by atoms with E-state index in [0.29, 0.717) is 25.1 Å². The summed E-state index contributed by atoms with van der Waals surface area (Å²) in [6.45, 7) is 0.269. The number of anilines is 1. The number of benzene rings is 1. The van der Waals surface area contributed by atoms with E-state index in [-0.39, 0.29) is 24.7 Å². The highest BCUT2D eigenvalue weighted by Crippen LogP contribution is 2.22. The molecule has 0 aliphatic carbocycles. The Labute approximate surface area is 174 Å². The zero-order valence-corrected chi connectivity index (χ0v) is 18.0. The number of carbonyl (C=O) groups is 1. The smallest absolute Gasteiger partial charge is 0.230 e. The zero-order valence-electron chi connectivity index (χ0n) is 13.2. The fourth-order valence-electron chi connectivity index (χ4n) is 2.34. The molecule has 2 heterocycles. The van der Waals surface area contributed by atoms with Gasteiger partial charge in [-0.1, -0.05) is 18.2 Å². The van der Waals surface area contributed by atoms with Crippen LogP contribution < -0.4 is 5.32 Å². The molecule has 9 heteroatoms. The summed E-state index contributed by atoms with van der Waals surface area (Å²) in [5.41, 5.74) is 1.32. The molecule has 3 rings (SSSR count). The van der Waals surface area contributed by atoms with E-state index in [9.17, 15) is 9.18 Å². The van der Waals surface area contributed by atoms with Crippen molar-refractivity contribution in [1.29, 1.82) is 0 Å². The van der Waals surface area contributed by atoms with Gasteiger partial charge in [0.05, 0.1) is 17.4 Å². The minimum Gasteiger partial charge on any atom is -0.308 e. The number of pyridine rings is 1. The van der Waals surface area contributed by atoms with Crippen LogP contribution in [0.4, 0.5) is 10.2 Å². The number of nitrogens with one attached hydrogen (secondary N) is 1. The van der Waals surface area contributed by atoms with Crippen molar-refractivity contribution in [2.75, 3.05) is 5.32 Å². The first-order valence-corrected chi connectivity index (χ1v) is 9.87. The summed E-state index contributed by atoms with van der Waals surface area (Å²) in [5, 5.41) is 7.06. The predicted molar refractivity (Wildman–Crippen MR) is 107 cm³/mol. The normalized spacial score (nSPS) is 10.8. The van der Waals surface area contributed by atoms with Gasteiger partial charge < -0.3 is 5.32 Å². The summed E-state index contributed by atoms with van der Waals surface area (Å²) in [4.78, 5) is 16.4. The van der Waals surface area contributed by atoms with Crippen LogP contribution in [-0.2, 0) is 17.8 Å². The van der Waals surface area contributed by atoms with Gasteiger partial charge in [0, 0.05) is 11.8 Å². The van der Waals surface area contributed by atoms with Crippen molar-refractivity contribution in [3.05, 3.63) is 73.2 Å². The molecular weight excluding hydrogens is 535 g/mol. The van der Waals surface area contributed by atoms with Crippen molar-refractivity contribution in [1.82, 2.24) is 14.8 Å². The molecule has 1 aromatic carbocycles. The monoisotopic (exact) mass is 544 g/mol. The highest BCUT2D eigenvalue weighted by molar-refractivity contribution is 9.11. The Kier molecular flexibility index (Phi) is 6.20. The van der Waals surface area contributed by atoms with Gasteiger partial charge >= 0.3 is 0 Å². The van der Waals surface area contributed by atoms with Crippen molar-refractivity contribution < 1.29 is 9.18 Å². The number of amides is 1. The van der Waals surface area contributed by atoms with Crippen LogP contribution in [0, 0.1) is 5.82 Å². The maximum Gasteiger partial charge on any atom is 0.230 e. The minimum absolute atomic E-state index is 0.173. The second-order valence-electron chi connectivity index (χ2n) is 5.46. The van der Waals surface area contributed by atoms with Crippen LogP contribution in [0.25, 0.3) is 0 Å². The SMILES string of the molecule is O=C(Cc1cc(Br)nc(Br)c1)Nc1nn(Cc2ccccc2F)cc1Br. The molecule has 2 aromatic heterocycles. The van der Waals surface area contributed by atoms with Gasteiger partial charge in [0.2, 0.25) is 5.91 Å². The molecule has 0 saturated carbocycles. The Morgan fingerprint density at radius 3 is 2.54 bits per heavy atom. The van der Waals surface area contributed by atoms with E-state index in [1.807, 2.05) is 0 Å². The van der Waals surface area contributed by atoms with Gasteiger partial charge in [-0.15, -0.1) is 0 Å². The first-order chi connectivity index (χ1) is 12.4. The number of rotatable bonds is 5. The summed E-state index contributed by atoms with van der Waals surface area (Å²) in [7, 11) is 0. The number of halogens is 4. The molecule has 0 unspecified atom stereocenters. The fourth-order valence-corrected chi connectivity index (χ4v) is 3.96. The van der Waals surface area contributed by atoms with E-state index in [1.165, 1.54) is 6.07 Å². The Bertz CT molecular complexity index is 941. The van der Waals surface area contributed by atoms with Gasteiger partial charge in [0.25, 0.3) is 0 Å². The Hall–Kier alpha value is -1.58. The van der Waals surface area contributed by atoms with E-state index in [0.717, 1.165) is 5.56 Å². The third-order valence-corrected chi connectivity index (χ3v) is 4.85. The summed E-state index contributed by atoms with van der Waals surface area (Å²) >= 11 is 9.96. The molecule has 5 nitrogen and oxygen atoms in total. The molecule has 134 valence electrons. The molecule has 26 heavy (non-hydrogen) atoms. The molecule has 0 fully saturated rings. The molecule has 1 amide bonds. The van der Waals surface area contributed by atoms with Crippen LogP contribution >= 0.6 is 47.8 Å². The summed E-state index contributed by atoms with van der Waals surface area (Å²) in [6, 6.07) is 10.1. The molecular formula is C17H12Br3FN4O. The molecule has 0 radical (unpaired) electrons. The third kappa shape index (κ3) is 4.99. The summed E-state index contributed by atoms with van der Waals surface area (Å²) in [5.74, 6) is -0.121. The van der Waals surface area contributed by atoms with Gasteiger partial charge in [0.15, 0.2) is 5.82 Å². The number of carbonyl (C=O) groups excluding carboxylic acids is 1. The van der Waals surface area contributed by atoms with Crippen molar-refractivity contribution in [2.45, 2.75) is 13.0 Å². The summed E-state index contributed by atoms with van der Waals surface area (Å²) < 4.78 is 17.2. The Balaban J connectivity index is 1.69. The number of nitrogens with zero attached hydrogens (tertiary/aromatic N) is 3. The standard InChI is InChI=1S/C17H12Br3FN4O/c18-12-9-25(8-11-3-1-2-4-13(11)21)24-17(12)23-16(26)7-10-5-14(19)22-15(20)6-10/h1-6,9H,7-8H2,(H,23,24,26). The maximum absolute atomic E-state index is 13.8. The number of aromatic nitrogens is 3. The largest absolute Gasteiger partial charge is 0.308 e. The number of hydrogen-bond donors (Lipinski definition) is 1. The van der Waals surface area contributed by atoms with Crippen LogP contribution in [-0.4, -0.2) is 20.7 Å². The lowest BCUT2D eigenvalue weighted by Gasteiger charge is -2.05. The topological polar surface area (TPSA) is 59.8 Å². The first kappa shape index (κ1) is 19.2. The van der Waals surface area contributed by atoms with E-state index in [4.69, 9.17) is 0 Å². The van der Waals surface area contributed by atoms with Gasteiger partial charge in [0.1, 0.15) is 15.0 Å². The van der Waals surface area contributed by atoms with Gasteiger partial charge in [-0.2, -0.15) is 5.10 Å². The molecule has 0 spiro atoms. The second-order valence-corrected chi connectivity index (χ2v) is 7.94. The van der Waals surface area contributed by atoms with Crippen molar-refractivity contribution in [3.8, 4) is 0 Å². The Morgan fingerprint density at radius 1 is 1.15 bits per heavy atom. The Morgan fingerprint density at radius 2 is 1.85 bits per heavy atom. The molecule has 1 N–H and O–H groups in total. The van der Waals surface area contributed by atoms with Gasteiger partial charge in [-0.3, -0.25) is 9.48 Å². The van der Waals surface area contributed by atoms with Gasteiger partial charge in [-0.05, 0) is 71.6 Å². The lowest BCUT2D eigenvalue weighted by atomic mass is 10.2. The average molecular weight is 547 g/mol. The summed E-state index contributed by atoms with van der Waals surface area (Å²) in [6.07, 6.45) is 1.87. The lowest BCUT2D eigenvalue weighted by Crippen LogP contribution is -2.15. The van der Waals surface area contributed by atoms with Crippen molar-refractivity contribution in [3.63, 3.8) is 0 Å².